The van der Waals surface area contributed by atoms with Crippen molar-refractivity contribution in [1.29, 1.82) is 0 Å². The summed E-state index contributed by atoms with van der Waals surface area (Å²) in [4.78, 5) is 13.9. The normalized spacial score (nSPS) is 11.2. The van der Waals surface area contributed by atoms with Crippen molar-refractivity contribution in [3.8, 4) is 11.1 Å². The topological polar surface area (TPSA) is 29.0 Å². The number of anilines is 1. The molecule has 0 unspecified atom stereocenters. The molecule has 0 bridgehead atoms. The maximum atomic E-state index is 4.62. The molecule has 2 heterocycles. The van der Waals surface area contributed by atoms with E-state index in [4.69, 9.17) is 0 Å². The summed E-state index contributed by atoms with van der Waals surface area (Å²) in [7, 11) is 2.13. The molecule has 126 valence electrons. The van der Waals surface area contributed by atoms with Gasteiger partial charge in [0.25, 0.3) is 0 Å². The number of hydrogen-bond donors (Lipinski definition) is 0. The standard InChI is InChI=1S/C19H22BrN3S/c1-4-6-11-23(3)18-17-16(13-7-9-14(20)10-8-13)15(5-2)24-19(17)22-12-21-18/h7-10,12H,4-6,11H2,1-3H3. The lowest BCUT2D eigenvalue weighted by Crippen LogP contribution is -2.19. The van der Waals surface area contributed by atoms with Gasteiger partial charge in [-0.25, -0.2) is 9.97 Å². The van der Waals surface area contributed by atoms with Crippen LogP contribution in [0.1, 0.15) is 31.6 Å². The molecule has 24 heavy (non-hydrogen) atoms. The summed E-state index contributed by atoms with van der Waals surface area (Å²) in [6.45, 7) is 5.44. The van der Waals surface area contributed by atoms with E-state index >= 15 is 0 Å². The zero-order chi connectivity index (χ0) is 17.1. The molecule has 5 heteroatoms. The number of nitrogens with zero attached hydrogens (tertiary/aromatic N) is 3. The van der Waals surface area contributed by atoms with Gasteiger partial charge in [-0.1, -0.05) is 48.3 Å². The van der Waals surface area contributed by atoms with Crippen molar-refractivity contribution in [1.82, 2.24) is 9.97 Å². The van der Waals surface area contributed by atoms with Crippen LogP contribution >= 0.6 is 27.3 Å². The molecule has 2 aromatic heterocycles. The Morgan fingerprint density at radius 1 is 1.12 bits per heavy atom. The lowest BCUT2D eigenvalue weighted by molar-refractivity contribution is 0.761. The quantitative estimate of drug-likeness (QED) is 0.511. The van der Waals surface area contributed by atoms with Crippen LogP contribution in [0.15, 0.2) is 35.1 Å². The van der Waals surface area contributed by atoms with Gasteiger partial charge >= 0.3 is 0 Å². The average molecular weight is 404 g/mol. The first-order valence-electron chi connectivity index (χ1n) is 8.39. The Morgan fingerprint density at radius 3 is 2.54 bits per heavy atom. The minimum Gasteiger partial charge on any atom is -0.359 e. The van der Waals surface area contributed by atoms with Crippen molar-refractivity contribution >= 4 is 43.3 Å². The number of fused-ring (bicyclic) bond motifs is 1. The van der Waals surface area contributed by atoms with Crippen molar-refractivity contribution in [2.45, 2.75) is 33.1 Å². The molecular weight excluding hydrogens is 382 g/mol. The number of halogens is 1. The lowest BCUT2D eigenvalue weighted by Gasteiger charge is -2.19. The molecule has 0 N–H and O–H groups in total. The summed E-state index contributed by atoms with van der Waals surface area (Å²) in [6.07, 6.45) is 5.05. The Morgan fingerprint density at radius 2 is 1.88 bits per heavy atom. The molecule has 0 radical (unpaired) electrons. The number of benzene rings is 1. The summed E-state index contributed by atoms with van der Waals surface area (Å²) in [5, 5.41) is 1.19. The predicted octanol–water partition coefficient (Wildman–Crippen LogP) is 5.92. The molecule has 0 fully saturated rings. The van der Waals surface area contributed by atoms with Crippen LogP contribution in [-0.2, 0) is 6.42 Å². The Kier molecular flexibility index (Phi) is 5.51. The molecule has 0 aliphatic heterocycles. The molecular formula is C19H22BrN3S. The SMILES string of the molecule is CCCCN(C)c1ncnc2sc(CC)c(-c3ccc(Br)cc3)c12. The third kappa shape index (κ3) is 3.33. The monoisotopic (exact) mass is 403 g/mol. The van der Waals surface area contributed by atoms with E-state index in [1.165, 1.54) is 34.2 Å². The number of thiophene rings is 1. The largest absolute Gasteiger partial charge is 0.359 e. The Bertz CT molecular complexity index is 826. The van der Waals surface area contributed by atoms with E-state index < -0.39 is 0 Å². The molecule has 0 atom stereocenters. The minimum atomic E-state index is 1.00. The molecule has 0 spiro atoms. The van der Waals surface area contributed by atoms with Gasteiger partial charge in [-0.15, -0.1) is 11.3 Å². The Labute approximate surface area is 155 Å². The van der Waals surface area contributed by atoms with Crippen LogP contribution in [-0.4, -0.2) is 23.6 Å². The summed E-state index contributed by atoms with van der Waals surface area (Å²) in [6, 6.07) is 8.55. The number of aryl methyl sites for hydroxylation is 1. The van der Waals surface area contributed by atoms with Gasteiger partial charge in [0, 0.05) is 28.5 Å². The highest BCUT2D eigenvalue weighted by Gasteiger charge is 2.19. The minimum absolute atomic E-state index is 1.00. The molecule has 3 nitrogen and oxygen atoms in total. The first-order valence-corrected chi connectivity index (χ1v) is 10.00. The van der Waals surface area contributed by atoms with E-state index in [0.717, 1.165) is 28.1 Å². The van der Waals surface area contributed by atoms with Gasteiger partial charge in [-0.2, -0.15) is 0 Å². The van der Waals surface area contributed by atoms with Crippen LogP contribution in [0, 0.1) is 0 Å². The van der Waals surface area contributed by atoms with Crippen molar-refractivity contribution in [3.63, 3.8) is 0 Å². The van der Waals surface area contributed by atoms with Crippen LogP contribution in [0.4, 0.5) is 5.82 Å². The molecule has 3 rings (SSSR count). The number of hydrogen-bond acceptors (Lipinski definition) is 4. The van der Waals surface area contributed by atoms with Crippen molar-refractivity contribution in [3.05, 3.63) is 39.9 Å². The maximum absolute atomic E-state index is 4.62. The van der Waals surface area contributed by atoms with Crippen LogP contribution < -0.4 is 4.90 Å². The van der Waals surface area contributed by atoms with Gasteiger partial charge < -0.3 is 4.90 Å². The second kappa shape index (κ2) is 7.62. The van der Waals surface area contributed by atoms with Gasteiger partial charge in [-0.05, 0) is 30.5 Å². The highest BCUT2D eigenvalue weighted by molar-refractivity contribution is 9.10. The van der Waals surface area contributed by atoms with Crippen molar-refractivity contribution in [2.75, 3.05) is 18.5 Å². The summed E-state index contributed by atoms with van der Waals surface area (Å²) in [5.41, 5.74) is 2.53. The fourth-order valence-electron chi connectivity index (χ4n) is 2.93. The molecule has 0 saturated carbocycles. The van der Waals surface area contributed by atoms with Gasteiger partial charge in [-0.3, -0.25) is 0 Å². The second-order valence-corrected chi connectivity index (χ2v) is 7.91. The first-order chi connectivity index (χ1) is 11.7. The van der Waals surface area contributed by atoms with E-state index in [1.54, 1.807) is 17.7 Å². The third-order valence-corrected chi connectivity index (χ3v) is 5.97. The molecule has 0 aliphatic carbocycles. The first kappa shape index (κ1) is 17.4. The van der Waals surface area contributed by atoms with Crippen LogP contribution in [0.3, 0.4) is 0 Å². The number of unbranched alkanes of at least 4 members (excludes halogenated alkanes) is 1. The maximum Gasteiger partial charge on any atom is 0.141 e. The van der Waals surface area contributed by atoms with Gasteiger partial charge in [0.15, 0.2) is 0 Å². The third-order valence-electron chi connectivity index (χ3n) is 4.20. The van der Waals surface area contributed by atoms with E-state index in [1.807, 2.05) is 0 Å². The summed E-state index contributed by atoms with van der Waals surface area (Å²) in [5.74, 6) is 1.04. The second-order valence-electron chi connectivity index (χ2n) is 5.91. The Balaban J connectivity index is 2.20. The zero-order valence-corrected chi connectivity index (χ0v) is 16.7. The van der Waals surface area contributed by atoms with E-state index in [-0.39, 0.29) is 0 Å². The highest BCUT2D eigenvalue weighted by atomic mass is 79.9. The van der Waals surface area contributed by atoms with Crippen LogP contribution in [0.25, 0.3) is 21.3 Å². The molecule has 0 saturated heterocycles. The van der Waals surface area contributed by atoms with E-state index in [2.05, 4.69) is 76.0 Å². The van der Waals surface area contributed by atoms with Crippen LogP contribution in [0.5, 0.6) is 0 Å². The van der Waals surface area contributed by atoms with E-state index in [0.29, 0.717) is 0 Å². The zero-order valence-electron chi connectivity index (χ0n) is 14.3. The highest BCUT2D eigenvalue weighted by Crippen LogP contribution is 2.42. The Hall–Kier alpha value is -1.46. The molecule has 1 aromatic carbocycles. The van der Waals surface area contributed by atoms with Crippen molar-refractivity contribution in [2.24, 2.45) is 0 Å². The van der Waals surface area contributed by atoms with Crippen LogP contribution in [0.2, 0.25) is 0 Å². The predicted molar refractivity (Wildman–Crippen MR) is 108 cm³/mol. The van der Waals surface area contributed by atoms with Crippen molar-refractivity contribution < 1.29 is 0 Å². The lowest BCUT2D eigenvalue weighted by atomic mass is 10.0. The average Bonchev–Trinajstić information content (AvgIpc) is 2.99. The summed E-state index contributed by atoms with van der Waals surface area (Å²) >= 11 is 5.32. The number of rotatable bonds is 6. The molecule has 0 aliphatic rings. The smallest absolute Gasteiger partial charge is 0.141 e. The fourth-order valence-corrected chi connectivity index (χ4v) is 4.28. The molecule has 0 amide bonds. The van der Waals surface area contributed by atoms with E-state index in [9.17, 15) is 0 Å². The van der Waals surface area contributed by atoms with Gasteiger partial charge in [0.05, 0.1) is 5.39 Å². The van der Waals surface area contributed by atoms with Gasteiger partial charge in [0.1, 0.15) is 17.0 Å². The fraction of sp³-hybridized carbons (Fsp3) is 0.368. The molecule has 3 aromatic rings. The summed E-state index contributed by atoms with van der Waals surface area (Å²) < 4.78 is 1.10. The number of aromatic nitrogens is 2. The van der Waals surface area contributed by atoms with Gasteiger partial charge in [0.2, 0.25) is 0 Å².